The summed E-state index contributed by atoms with van der Waals surface area (Å²) in [6, 6.07) is 18.2. The molecule has 4 heteroatoms. The van der Waals surface area contributed by atoms with Gasteiger partial charge in [0.2, 0.25) is 5.91 Å². The Kier molecular flexibility index (Phi) is 6.42. The van der Waals surface area contributed by atoms with E-state index >= 15 is 0 Å². The van der Waals surface area contributed by atoms with Crippen LogP contribution in [0.4, 0.5) is 5.69 Å². The summed E-state index contributed by atoms with van der Waals surface area (Å²) in [4.78, 5) is 15.2. The number of likely N-dealkylation sites (tertiary alicyclic amines) is 1. The highest BCUT2D eigenvalue weighted by molar-refractivity contribution is 5.95. The lowest BCUT2D eigenvalue weighted by atomic mass is 10.00. The van der Waals surface area contributed by atoms with Crippen LogP contribution in [0.3, 0.4) is 0 Å². The molecule has 2 aromatic rings. The first kappa shape index (κ1) is 18.6. The number of methoxy groups -OCH3 is 1. The third-order valence-corrected chi connectivity index (χ3v) is 5.12. The number of hydrogen-bond donors (Lipinski definition) is 1. The molecular weight excluding hydrogens is 324 g/mol. The first-order chi connectivity index (χ1) is 12.7. The van der Waals surface area contributed by atoms with Crippen molar-refractivity contribution < 1.29 is 9.53 Å². The highest BCUT2D eigenvalue weighted by Crippen LogP contribution is 2.23. The summed E-state index contributed by atoms with van der Waals surface area (Å²) in [6.07, 6.45) is 3.17. The smallest absolute Gasteiger partial charge is 0.241 e. The van der Waals surface area contributed by atoms with Gasteiger partial charge in [0.25, 0.3) is 0 Å². The normalized spacial score (nSPS) is 19.1. The van der Waals surface area contributed by atoms with E-state index in [1.165, 1.54) is 5.56 Å². The molecule has 4 nitrogen and oxygen atoms in total. The van der Waals surface area contributed by atoms with Crippen molar-refractivity contribution in [3.05, 3.63) is 65.7 Å². The van der Waals surface area contributed by atoms with Crippen LogP contribution in [0.5, 0.6) is 0 Å². The fourth-order valence-corrected chi connectivity index (χ4v) is 3.53. The molecule has 1 saturated heterocycles. The van der Waals surface area contributed by atoms with Crippen LogP contribution < -0.4 is 5.32 Å². The standard InChI is InChI=1S/C22H28N2O2/c1-17(26-2)19-11-8-12-20(15-19)23-22(25)21-13-6-7-14-24(21)16-18-9-4-3-5-10-18/h3-5,8-12,15,17,21H,6-7,13-14,16H2,1-2H3,(H,23,25)/t17-,21-/m1/s1. The lowest BCUT2D eigenvalue weighted by Gasteiger charge is -2.34. The van der Waals surface area contributed by atoms with E-state index in [2.05, 4.69) is 34.5 Å². The number of anilines is 1. The van der Waals surface area contributed by atoms with Gasteiger partial charge in [-0.2, -0.15) is 0 Å². The zero-order valence-electron chi connectivity index (χ0n) is 15.7. The van der Waals surface area contributed by atoms with E-state index in [1.54, 1.807) is 7.11 Å². The summed E-state index contributed by atoms with van der Waals surface area (Å²) in [5, 5.41) is 3.11. The monoisotopic (exact) mass is 352 g/mol. The lowest BCUT2D eigenvalue weighted by Crippen LogP contribution is -2.46. The Morgan fingerprint density at radius 3 is 2.77 bits per heavy atom. The third-order valence-electron chi connectivity index (χ3n) is 5.12. The molecule has 1 heterocycles. The van der Waals surface area contributed by atoms with Crippen molar-refractivity contribution in [2.45, 2.75) is 44.9 Å². The Morgan fingerprint density at radius 1 is 1.19 bits per heavy atom. The number of benzene rings is 2. The van der Waals surface area contributed by atoms with Crippen LogP contribution in [-0.4, -0.2) is 30.5 Å². The van der Waals surface area contributed by atoms with Crippen molar-refractivity contribution in [3.63, 3.8) is 0 Å². The molecule has 0 aromatic heterocycles. The second-order valence-corrected chi connectivity index (χ2v) is 6.96. The molecule has 3 rings (SSSR count). The van der Waals surface area contributed by atoms with Crippen LogP contribution in [0.15, 0.2) is 54.6 Å². The average Bonchev–Trinajstić information content (AvgIpc) is 2.68. The molecule has 2 atom stereocenters. The molecule has 138 valence electrons. The largest absolute Gasteiger partial charge is 0.377 e. The van der Waals surface area contributed by atoms with Crippen LogP contribution in [0.2, 0.25) is 0 Å². The van der Waals surface area contributed by atoms with E-state index in [9.17, 15) is 4.79 Å². The predicted molar refractivity (Wildman–Crippen MR) is 105 cm³/mol. The van der Waals surface area contributed by atoms with Crippen molar-refractivity contribution in [2.24, 2.45) is 0 Å². The summed E-state index contributed by atoms with van der Waals surface area (Å²) in [7, 11) is 1.69. The van der Waals surface area contributed by atoms with E-state index in [0.717, 1.165) is 43.6 Å². The second-order valence-electron chi connectivity index (χ2n) is 6.96. The summed E-state index contributed by atoms with van der Waals surface area (Å²) in [6.45, 7) is 3.79. The molecular formula is C22H28N2O2. The SMILES string of the molecule is CO[C@H](C)c1cccc(NC(=O)[C@H]2CCCCN2Cc2ccccc2)c1. The summed E-state index contributed by atoms with van der Waals surface area (Å²) in [5.74, 6) is 0.0860. The Morgan fingerprint density at radius 2 is 2.00 bits per heavy atom. The van der Waals surface area contributed by atoms with E-state index in [-0.39, 0.29) is 18.1 Å². The molecule has 2 aromatic carbocycles. The van der Waals surface area contributed by atoms with Gasteiger partial charge in [0.1, 0.15) is 0 Å². The van der Waals surface area contributed by atoms with Crippen LogP contribution >= 0.6 is 0 Å². The minimum Gasteiger partial charge on any atom is -0.377 e. The Labute approximate surface area is 156 Å². The maximum absolute atomic E-state index is 12.9. The Balaban J connectivity index is 1.69. The van der Waals surface area contributed by atoms with Crippen molar-refractivity contribution >= 4 is 11.6 Å². The number of nitrogens with zero attached hydrogens (tertiary/aromatic N) is 1. The molecule has 1 fully saturated rings. The van der Waals surface area contributed by atoms with Gasteiger partial charge < -0.3 is 10.1 Å². The van der Waals surface area contributed by atoms with Crippen molar-refractivity contribution in [2.75, 3.05) is 19.0 Å². The van der Waals surface area contributed by atoms with Crippen molar-refractivity contribution in [1.82, 2.24) is 4.90 Å². The van der Waals surface area contributed by atoms with Gasteiger partial charge in [0.15, 0.2) is 0 Å². The topological polar surface area (TPSA) is 41.6 Å². The fourth-order valence-electron chi connectivity index (χ4n) is 3.53. The van der Waals surface area contributed by atoms with Crippen molar-refractivity contribution in [1.29, 1.82) is 0 Å². The van der Waals surface area contributed by atoms with Gasteiger partial charge in [-0.25, -0.2) is 0 Å². The number of rotatable bonds is 6. The van der Waals surface area contributed by atoms with Crippen LogP contribution in [-0.2, 0) is 16.1 Å². The number of hydrogen-bond acceptors (Lipinski definition) is 3. The quantitative estimate of drug-likeness (QED) is 0.838. The van der Waals surface area contributed by atoms with Gasteiger partial charge in [-0.05, 0) is 49.6 Å². The molecule has 0 saturated carbocycles. The zero-order chi connectivity index (χ0) is 18.4. The molecule has 0 aliphatic carbocycles. The van der Waals surface area contributed by atoms with E-state index < -0.39 is 0 Å². The summed E-state index contributed by atoms with van der Waals surface area (Å²) in [5.41, 5.74) is 3.15. The highest BCUT2D eigenvalue weighted by atomic mass is 16.5. The maximum Gasteiger partial charge on any atom is 0.241 e. The Bertz CT molecular complexity index is 717. The number of carbonyl (C=O) groups excluding carboxylic acids is 1. The molecule has 26 heavy (non-hydrogen) atoms. The van der Waals surface area contributed by atoms with E-state index in [4.69, 9.17) is 4.74 Å². The van der Waals surface area contributed by atoms with Gasteiger partial charge >= 0.3 is 0 Å². The van der Waals surface area contributed by atoms with Crippen LogP contribution in [0, 0.1) is 0 Å². The minimum absolute atomic E-state index is 0.0103. The van der Waals surface area contributed by atoms with Crippen molar-refractivity contribution in [3.8, 4) is 0 Å². The average molecular weight is 352 g/mol. The number of ether oxygens (including phenoxy) is 1. The molecule has 1 N–H and O–H groups in total. The first-order valence-electron chi connectivity index (χ1n) is 9.39. The molecule has 1 aliphatic rings. The molecule has 0 bridgehead atoms. The van der Waals surface area contributed by atoms with Crippen LogP contribution in [0.1, 0.15) is 43.4 Å². The van der Waals surface area contributed by atoms with Gasteiger partial charge in [-0.3, -0.25) is 9.69 Å². The maximum atomic E-state index is 12.9. The molecule has 0 unspecified atom stereocenters. The minimum atomic E-state index is -0.0764. The van der Waals surface area contributed by atoms with Crippen LogP contribution in [0.25, 0.3) is 0 Å². The third kappa shape index (κ3) is 4.71. The summed E-state index contributed by atoms with van der Waals surface area (Å²) < 4.78 is 5.38. The Hall–Kier alpha value is -2.17. The fraction of sp³-hybridized carbons (Fsp3) is 0.409. The number of carbonyl (C=O) groups is 1. The molecule has 1 aliphatic heterocycles. The molecule has 0 radical (unpaired) electrons. The number of nitrogens with one attached hydrogen (secondary N) is 1. The van der Waals surface area contributed by atoms with E-state index in [1.807, 2.05) is 37.3 Å². The summed E-state index contributed by atoms with van der Waals surface area (Å²) >= 11 is 0. The zero-order valence-corrected chi connectivity index (χ0v) is 15.7. The number of piperidine rings is 1. The van der Waals surface area contributed by atoms with E-state index in [0.29, 0.717) is 0 Å². The lowest BCUT2D eigenvalue weighted by molar-refractivity contribution is -0.122. The van der Waals surface area contributed by atoms with Gasteiger partial charge in [0, 0.05) is 19.3 Å². The first-order valence-corrected chi connectivity index (χ1v) is 9.39. The number of amides is 1. The molecule has 0 spiro atoms. The highest BCUT2D eigenvalue weighted by Gasteiger charge is 2.28. The molecule has 1 amide bonds. The van der Waals surface area contributed by atoms with Gasteiger partial charge in [-0.15, -0.1) is 0 Å². The second kappa shape index (κ2) is 8.97. The predicted octanol–water partition coefficient (Wildman–Crippen LogP) is 4.39. The van der Waals surface area contributed by atoms with Gasteiger partial charge in [0.05, 0.1) is 12.1 Å². The van der Waals surface area contributed by atoms with Gasteiger partial charge in [-0.1, -0.05) is 48.9 Å².